The molecule has 0 aliphatic rings. The normalized spacial score (nSPS) is 12.4. The second kappa shape index (κ2) is 7.61. The van der Waals surface area contributed by atoms with Crippen molar-refractivity contribution in [3.63, 3.8) is 0 Å². The molecule has 0 saturated heterocycles. The first kappa shape index (κ1) is 18.9. The van der Waals surface area contributed by atoms with E-state index in [0.717, 1.165) is 0 Å². The van der Waals surface area contributed by atoms with Crippen molar-refractivity contribution in [3.8, 4) is 0 Å². The number of sulfone groups is 1. The third-order valence-electron chi connectivity index (χ3n) is 3.16. The van der Waals surface area contributed by atoms with Gasteiger partial charge in [-0.3, -0.25) is 4.79 Å². The zero-order valence-electron chi connectivity index (χ0n) is 11.9. The summed E-state index contributed by atoms with van der Waals surface area (Å²) >= 11 is 0. The molecule has 114 valence electrons. The first-order valence-electron chi connectivity index (χ1n) is 6.13. The van der Waals surface area contributed by atoms with Crippen molar-refractivity contribution in [2.24, 2.45) is 5.73 Å². The number of carbonyl (C=O) groups is 1. The minimum absolute atomic E-state index is 0. The molecule has 0 saturated carbocycles. The molecule has 0 aliphatic carbocycles. The molecule has 1 aromatic rings. The molecule has 1 atom stereocenters. The zero-order chi connectivity index (χ0) is 14.6. The minimum atomic E-state index is -3.23. The van der Waals surface area contributed by atoms with Crippen molar-refractivity contribution in [3.05, 3.63) is 29.8 Å². The highest BCUT2D eigenvalue weighted by Crippen LogP contribution is 2.14. The molecule has 0 bridgehead atoms. The van der Waals surface area contributed by atoms with E-state index in [0.29, 0.717) is 12.1 Å². The largest absolute Gasteiger partial charge is 0.338 e. The van der Waals surface area contributed by atoms with Gasteiger partial charge >= 0.3 is 0 Å². The smallest absolute Gasteiger partial charge is 0.253 e. The number of nitrogens with two attached hydrogens (primary N) is 1. The summed E-state index contributed by atoms with van der Waals surface area (Å²) in [7, 11) is -1.55. The molecule has 0 aromatic heterocycles. The highest BCUT2D eigenvalue weighted by atomic mass is 35.5. The quantitative estimate of drug-likeness (QED) is 0.887. The molecule has 20 heavy (non-hydrogen) atoms. The number of hydrogen-bond acceptors (Lipinski definition) is 4. The molecule has 1 rings (SSSR count). The third kappa shape index (κ3) is 4.19. The molecule has 1 aromatic carbocycles. The standard InChI is InChI=1S/C13H20N2O3S.ClH/c1-4-19(17,18)12-7-5-11(6-8-12)13(16)15(3)10(2)9-14;/h5-8,10H,4,9,14H2,1-3H3;1H. The zero-order valence-corrected chi connectivity index (χ0v) is 13.5. The van der Waals surface area contributed by atoms with Crippen molar-refractivity contribution >= 4 is 28.2 Å². The van der Waals surface area contributed by atoms with Crippen LogP contribution in [0, 0.1) is 0 Å². The number of likely N-dealkylation sites (N-methyl/N-ethyl adjacent to an activating group) is 1. The highest BCUT2D eigenvalue weighted by Gasteiger charge is 2.17. The SMILES string of the molecule is CCS(=O)(=O)c1ccc(C(=O)N(C)C(C)CN)cc1.Cl. The Hall–Kier alpha value is -1.11. The van der Waals surface area contributed by atoms with E-state index in [9.17, 15) is 13.2 Å². The van der Waals surface area contributed by atoms with Gasteiger partial charge in [-0.2, -0.15) is 0 Å². The predicted molar refractivity (Wildman–Crippen MR) is 82.0 cm³/mol. The van der Waals surface area contributed by atoms with E-state index in [2.05, 4.69) is 0 Å². The van der Waals surface area contributed by atoms with Gasteiger partial charge in [0.25, 0.3) is 5.91 Å². The maximum absolute atomic E-state index is 12.1. The topological polar surface area (TPSA) is 80.5 Å². The summed E-state index contributed by atoms with van der Waals surface area (Å²) in [4.78, 5) is 13.9. The molecule has 5 nitrogen and oxygen atoms in total. The Labute approximate surface area is 126 Å². The van der Waals surface area contributed by atoms with Crippen LogP contribution < -0.4 is 5.73 Å². The third-order valence-corrected chi connectivity index (χ3v) is 4.91. The summed E-state index contributed by atoms with van der Waals surface area (Å²) in [6, 6.07) is 5.93. The fourth-order valence-corrected chi connectivity index (χ4v) is 2.42. The maximum Gasteiger partial charge on any atom is 0.253 e. The number of nitrogens with zero attached hydrogens (tertiary/aromatic N) is 1. The van der Waals surface area contributed by atoms with Gasteiger partial charge in [-0.15, -0.1) is 12.4 Å². The lowest BCUT2D eigenvalue weighted by Gasteiger charge is -2.23. The first-order chi connectivity index (χ1) is 8.83. The Bertz CT molecular complexity index is 543. The van der Waals surface area contributed by atoms with Crippen LogP contribution in [0.5, 0.6) is 0 Å². The van der Waals surface area contributed by atoms with E-state index in [-0.39, 0.29) is 35.0 Å². The van der Waals surface area contributed by atoms with Gasteiger partial charge in [0, 0.05) is 25.2 Å². The van der Waals surface area contributed by atoms with Crippen molar-refractivity contribution in [2.75, 3.05) is 19.3 Å². The highest BCUT2D eigenvalue weighted by molar-refractivity contribution is 7.91. The van der Waals surface area contributed by atoms with E-state index in [1.54, 1.807) is 18.9 Å². The molecular formula is C13H21ClN2O3S. The second-order valence-electron chi connectivity index (χ2n) is 4.43. The van der Waals surface area contributed by atoms with Crippen LogP contribution in [0.15, 0.2) is 29.2 Å². The molecule has 1 amide bonds. The minimum Gasteiger partial charge on any atom is -0.338 e. The van der Waals surface area contributed by atoms with Gasteiger partial charge in [0.15, 0.2) is 9.84 Å². The van der Waals surface area contributed by atoms with Gasteiger partial charge in [-0.25, -0.2) is 8.42 Å². The summed E-state index contributed by atoms with van der Waals surface area (Å²) in [5.74, 6) is -0.122. The molecule has 0 fully saturated rings. The second-order valence-corrected chi connectivity index (χ2v) is 6.71. The van der Waals surface area contributed by atoms with Gasteiger partial charge in [0.1, 0.15) is 0 Å². The lowest BCUT2D eigenvalue weighted by Crippen LogP contribution is -2.39. The Morgan fingerprint density at radius 1 is 1.30 bits per heavy atom. The van der Waals surface area contributed by atoms with E-state index < -0.39 is 9.84 Å². The van der Waals surface area contributed by atoms with Gasteiger partial charge < -0.3 is 10.6 Å². The molecule has 1 unspecified atom stereocenters. The molecule has 7 heteroatoms. The molecule has 2 N–H and O–H groups in total. The summed E-state index contributed by atoms with van der Waals surface area (Å²) in [5.41, 5.74) is 5.97. The summed E-state index contributed by atoms with van der Waals surface area (Å²) < 4.78 is 23.3. The number of carbonyl (C=O) groups excluding carboxylic acids is 1. The summed E-state index contributed by atoms with van der Waals surface area (Å²) in [6.07, 6.45) is 0. The van der Waals surface area contributed by atoms with Crippen LogP contribution in [-0.4, -0.2) is 44.6 Å². The number of hydrogen-bond donors (Lipinski definition) is 1. The number of benzene rings is 1. The van der Waals surface area contributed by atoms with Crippen molar-refractivity contribution in [2.45, 2.75) is 24.8 Å². The van der Waals surface area contributed by atoms with Crippen molar-refractivity contribution < 1.29 is 13.2 Å². The number of halogens is 1. The average molecular weight is 321 g/mol. The predicted octanol–water partition coefficient (Wildman–Crippen LogP) is 1.32. The van der Waals surface area contributed by atoms with Gasteiger partial charge in [-0.05, 0) is 31.2 Å². The van der Waals surface area contributed by atoms with Crippen LogP contribution in [0.25, 0.3) is 0 Å². The molecule has 0 heterocycles. The van der Waals surface area contributed by atoms with E-state index in [1.807, 2.05) is 6.92 Å². The monoisotopic (exact) mass is 320 g/mol. The van der Waals surface area contributed by atoms with Crippen molar-refractivity contribution in [1.82, 2.24) is 4.90 Å². The van der Waals surface area contributed by atoms with Crippen LogP contribution in [0.2, 0.25) is 0 Å². The van der Waals surface area contributed by atoms with Crippen LogP contribution in [0.4, 0.5) is 0 Å². The number of rotatable bonds is 5. The first-order valence-corrected chi connectivity index (χ1v) is 7.78. The van der Waals surface area contributed by atoms with Crippen LogP contribution in [0.3, 0.4) is 0 Å². The van der Waals surface area contributed by atoms with Gasteiger partial charge in [0.05, 0.1) is 10.6 Å². The fourth-order valence-electron chi connectivity index (χ4n) is 1.53. The lowest BCUT2D eigenvalue weighted by molar-refractivity contribution is 0.0748. The summed E-state index contributed by atoms with van der Waals surface area (Å²) in [6.45, 7) is 3.82. The molecule has 0 radical (unpaired) electrons. The van der Waals surface area contributed by atoms with Crippen LogP contribution in [0.1, 0.15) is 24.2 Å². The number of amides is 1. The van der Waals surface area contributed by atoms with E-state index >= 15 is 0 Å². The Morgan fingerprint density at radius 3 is 2.20 bits per heavy atom. The van der Waals surface area contributed by atoms with E-state index in [1.165, 1.54) is 24.3 Å². The maximum atomic E-state index is 12.1. The van der Waals surface area contributed by atoms with E-state index in [4.69, 9.17) is 5.73 Å². The fraction of sp³-hybridized carbons (Fsp3) is 0.462. The molecule has 0 aliphatic heterocycles. The average Bonchev–Trinajstić information content (AvgIpc) is 2.44. The molecular weight excluding hydrogens is 300 g/mol. The van der Waals surface area contributed by atoms with Crippen LogP contribution in [-0.2, 0) is 9.84 Å². The Morgan fingerprint density at radius 2 is 1.80 bits per heavy atom. The van der Waals surface area contributed by atoms with Crippen LogP contribution >= 0.6 is 12.4 Å². The van der Waals surface area contributed by atoms with Gasteiger partial charge in [0.2, 0.25) is 0 Å². The lowest BCUT2D eigenvalue weighted by atomic mass is 10.2. The Balaban J connectivity index is 0.00000361. The Kier molecular flexibility index (Phi) is 7.19. The van der Waals surface area contributed by atoms with Gasteiger partial charge in [-0.1, -0.05) is 6.92 Å². The molecule has 0 spiro atoms. The summed E-state index contributed by atoms with van der Waals surface area (Å²) in [5, 5.41) is 0. The van der Waals surface area contributed by atoms with Crippen molar-refractivity contribution in [1.29, 1.82) is 0 Å².